The summed E-state index contributed by atoms with van der Waals surface area (Å²) in [5, 5.41) is 2.05. The number of hydrogen-bond acceptors (Lipinski definition) is 2. The molecule has 0 heterocycles. The second-order valence-electron chi connectivity index (χ2n) is 3.77. The smallest absolute Gasteiger partial charge is 0.0383 e. The second-order valence-corrected chi connectivity index (χ2v) is 4.51. The van der Waals surface area contributed by atoms with Crippen LogP contribution >= 0.6 is 11.8 Å². The van der Waals surface area contributed by atoms with Gasteiger partial charge in [0.1, 0.15) is 0 Å². The van der Waals surface area contributed by atoms with Crippen LogP contribution in [0.5, 0.6) is 0 Å². The zero-order chi connectivity index (χ0) is 13.3. The summed E-state index contributed by atoms with van der Waals surface area (Å²) < 4.78 is 0. The van der Waals surface area contributed by atoms with Crippen LogP contribution in [-0.2, 0) is 0 Å². The van der Waals surface area contributed by atoms with Crippen molar-refractivity contribution in [1.29, 1.82) is 0 Å². The number of nitrogens with zero attached hydrogens (tertiary/aromatic N) is 1. The van der Waals surface area contributed by atoms with Crippen LogP contribution in [0.1, 0.15) is 27.2 Å². The summed E-state index contributed by atoms with van der Waals surface area (Å²) in [6, 6.07) is 0. The molecule has 0 N–H and O–H groups in total. The van der Waals surface area contributed by atoms with Crippen LogP contribution in [-0.4, -0.2) is 19.0 Å². The fourth-order valence-corrected chi connectivity index (χ4v) is 1.57. The van der Waals surface area contributed by atoms with Gasteiger partial charge in [0.15, 0.2) is 0 Å². The highest BCUT2D eigenvalue weighted by molar-refractivity contribution is 8.01. The fourth-order valence-electron chi connectivity index (χ4n) is 1.27. The van der Waals surface area contributed by atoms with Crippen LogP contribution < -0.4 is 0 Å². The maximum absolute atomic E-state index is 4.23. The van der Waals surface area contributed by atoms with Gasteiger partial charge < -0.3 is 0 Å². The normalized spacial score (nSPS) is 14.5. The quantitative estimate of drug-likeness (QED) is 0.487. The molecule has 0 bridgehead atoms. The summed E-state index contributed by atoms with van der Waals surface area (Å²) in [5.74, 6) is 0. The zero-order valence-electron chi connectivity index (χ0n) is 11.6. The van der Waals surface area contributed by atoms with E-state index >= 15 is 0 Å². The highest BCUT2D eigenvalue weighted by atomic mass is 32.2. The lowest BCUT2D eigenvalue weighted by atomic mass is 10.0. The first kappa shape index (κ1) is 16.0. The Morgan fingerprint density at radius 3 is 2.47 bits per heavy atom. The van der Waals surface area contributed by atoms with Gasteiger partial charge in [0, 0.05) is 12.8 Å². The standard InChI is InChI=1S/C15H23NS/c1-7-8-15(14(4)16-5)11-13(3)12(2)9-10-17-6/h8-11H,2,7H2,1,3-6H3/b10-9-,13-11+,15-8+,16-14+. The summed E-state index contributed by atoms with van der Waals surface area (Å²) in [6.07, 6.45) is 9.44. The lowest BCUT2D eigenvalue weighted by Gasteiger charge is -2.05. The van der Waals surface area contributed by atoms with Crippen molar-refractivity contribution in [3.8, 4) is 0 Å². The molecule has 0 unspecified atom stereocenters. The maximum atomic E-state index is 4.23. The minimum Gasteiger partial charge on any atom is -0.293 e. The number of aliphatic imine (C=N–C) groups is 1. The minimum atomic E-state index is 1.01. The molecule has 0 aliphatic heterocycles. The third-order valence-electron chi connectivity index (χ3n) is 2.46. The van der Waals surface area contributed by atoms with Crippen molar-refractivity contribution in [2.75, 3.05) is 13.3 Å². The number of hydrogen-bond donors (Lipinski definition) is 0. The molecule has 0 aliphatic rings. The van der Waals surface area contributed by atoms with Crippen molar-refractivity contribution >= 4 is 17.5 Å². The molecule has 0 aromatic heterocycles. The Balaban J connectivity index is 5.02. The third kappa shape index (κ3) is 6.32. The van der Waals surface area contributed by atoms with E-state index in [1.165, 1.54) is 11.1 Å². The molecule has 0 saturated heterocycles. The topological polar surface area (TPSA) is 12.4 Å². The predicted molar refractivity (Wildman–Crippen MR) is 83.0 cm³/mol. The Morgan fingerprint density at radius 2 is 2.00 bits per heavy atom. The molecule has 0 amide bonds. The Morgan fingerprint density at radius 1 is 1.35 bits per heavy atom. The van der Waals surface area contributed by atoms with Gasteiger partial charge >= 0.3 is 0 Å². The Hall–Kier alpha value is -1.02. The average Bonchev–Trinajstić information content (AvgIpc) is 2.34. The first-order valence-corrected chi connectivity index (χ1v) is 7.06. The monoisotopic (exact) mass is 249 g/mol. The van der Waals surface area contributed by atoms with E-state index in [0.29, 0.717) is 0 Å². The van der Waals surface area contributed by atoms with E-state index in [-0.39, 0.29) is 0 Å². The lowest BCUT2D eigenvalue weighted by Crippen LogP contribution is -1.96. The van der Waals surface area contributed by atoms with Gasteiger partial charge in [-0.2, -0.15) is 0 Å². The first-order valence-electron chi connectivity index (χ1n) is 5.77. The van der Waals surface area contributed by atoms with Gasteiger partial charge in [-0.05, 0) is 60.8 Å². The molecule has 0 radical (unpaired) electrons. The average molecular weight is 249 g/mol. The molecule has 0 aromatic carbocycles. The van der Waals surface area contributed by atoms with Crippen LogP contribution in [0, 0.1) is 0 Å². The SMILES string of the molecule is C=C(/C=C\SC)/C(C)=C/C(=C\CC)C(/C)=N/C. The number of rotatable bonds is 6. The summed E-state index contributed by atoms with van der Waals surface area (Å²) in [7, 11) is 1.82. The molecule has 0 aromatic rings. The molecule has 2 heteroatoms. The van der Waals surface area contributed by atoms with Gasteiger partial charge in [-0.1, -0.05) is 19.6 Å². The van der Waals surface area contributed by atoms with Gasteiger partial charge in [0.2, 0.25) is 0 Å². The molecule has 0 rings (SSSR count). The maximum Gasteiger partial charge on any atom is 0.0383 e. The third-order valence-corrected chi connectivity index (χ3v) is 2.87. The van der Waals surface area contributed by atoms with E-state index in [9.17, 15) is 0 Å². The number of thioether (sulfide) groups is 1. The van der Waals surface area contributed by atoms with E-state index in [4.69, 9.17) is 0 Å². The minimum absolute atomic E-state index is 1.01. The largest absolute Gasteiger partial charge is 0.293 e. The van der Waals surface area contributed by atoms with E-state index in [2.05, 4.69) is 37.6 Å². The van der Waals surface area contributed by atoms with Crippen LogP contribution in [0.3, 0.4) is 0 Å². The molecule has 0 spiro atoms. The van der Waals surface area contributed by atoms with Crippen LogP contribution in [0.25, 0.3) is 0 Å². The summed E-state index contributed by atoms with van der Waals surface area (Å²) in [5.41, 5.74) is 4.47. The highest BCUT2D eigenvalue weighted by Gasteiger charge is 1.99. The van der Waals surface area contributed by atoms with Crippen LogP contribution in [0.4, 0.5) is 0 Å². The molecular weight excluding hydrogens is 226 g/mol. The zero-order valence-corrected chi connectivity index (χ0v) is 12.4. The Kier molecular flexibility index (Phi) is 8.51. The predicted octanol–water partition coefficient (Wildman–Crippen LogP) is 4.79. The molecule has 0 saturated carbocycles. The molecular formula is C15H23NS. The van der Waals surface area contributed by atoms with Gasteiger partial charge in [0.25, 0.3) is 0 Å². The molecule has 17 heavy (non-hydrogen) atoms. The molecule has 1 nitrogen and oxygen atoms in total. The summed E-state index contributed by atoms with van der Waals surface area (Å²) >= 11 is 1.68. The first-order chi connectivity index (χ1) is 8.06. The van der Waals surface area contributed by atoms with Crippen molar-refractivity contribution in [2.45, 2.75) is 27.2 Å². The van der Waals surface area contributed by atoms with Crippen LogP contribution in [0.2, 0.25) is 0 Å². The molecule has 0 atom stereocenters. The summed E-state index contributed by atoms with van der Waals surface area (Å²) in [4.78, 5) is 4.23. The fraction of sp³-hybridized carbons (Fsp3) is 0.400. The molecule has 0 fully saturated rings. The lowest BCUT2D eigenvalue weighted by molar-refractivity contribution is 1.21. The van der Waals surface area contributed by atoms with Crippen molar-refractivity contribution in [2.24, 2.45) is 4.99 Å². The van der Waals surface area contributed by atoms with Crippen molar-refractivity contribution < 1.29 is 0 Å². The van der Waals surface area contributed by atoms with Crippen molar-refractivity contribution in [3.63, 3.8) is 0 Å². The van der Waals surface area contributed by atoms with Crippen molar-refractivity contribution in [3.05, 3.63) is 46.9 Å². The second kappa shape index (κ2) is 9.06. The molecule has 0 aliphatic carbocycles. The van der Waals surface area contributed by atoms with Crippen molar-refractivity contribution in [1.82, 2.24) is 0 Å². The van der Waals surface area contributed by atoms with E-state index in [1.54, 1.807) is 11.8 Å². The Bertz CT molecular complexity index is 370. The summed E-state index contributed by atoms with van der Waals surface area (Å²) in [6.45, 7) is 10.3. The molecule has 94 valence electrons. The van der Waals surface area contributed by atoms with Gasteiger partial charge in [-0.15, -0.1) is 11.8 Å². The van der Waals surface area contributed by atoms with Gasteiger partial charge in [-0.3, -0.25) is 4.99 Å². The van der Waals surface area contributed by atoms with Gasteiger partial charge in [0.05, 0.1) is 0 Å². The van der Waals surface area contributed by atoms with Gasteiger partial charge in [-0.25, -0.2) is 0 Å². The van der Waals surface area contributed by atoms with Crippen LogP contribution in [0.15, 0.2) is 51.9 Å². The van der Waals surface area contributed by atoms with E-state index < -0.39 is 0 Å². The highest BCUT2D eigenvalue weighted by Crippen LogP contribution is 2.14. The Labute approximate surface area is 110 Å². The number of allylic oxidation sites excluding steroid dienone is 6. The van der Waals surface area contributed by atoms with E-state index in [1.807, 2.05) is 31.7 Å². The van der Waals surface area contributed by atoms with E-state index in [0.717, 1.165) is 17.7 Å².